The van der Waals surface area contributed by atoms with Crippen LogP contribution in [0.5, 0.6) is 0 Å². The summed E-state index contributed by atoms with van der Waals surface area (Å²) in [4.78, 5) is 22.5. The first-order valence-corrected chi connectivity index (χ1v) is 13.1. The second-order valence-corrected chi connectivity index (χ2v) is 9.99. The summed E-state index contributed by atoms with van der Waals surface area (Å²) in [7, 11) is -1.42. The van der Waals surface area contributed by atoms with Crippen LogP contribution in [0.15, 0.2) is 114 Å². The van der Waals surface area contributed by atoms with Gasteiger partial charge in [-0.15, -0.1) is 0 Å². The summed E-state index contributed by atoms with van der Waals surface area (Å²) in [6.45, 7) is 3.36. The first kappa shape index (κ1) is 23.8. The minimum absolute atomic E-state index is 0.0229. The third kappa shape index (κ3) is 5.47. The third-order valence-corrected chi connectivity index (χ3v) is 7.68. The van der Waals surface area contributed by atoms with Crippen molar-refractivity contribution in [1.82, 2.24) is 9.88 Å². The van der Waals surface area contributed by atoms with E-state index in [0.29, 0.717) is 30.1 Å². The predicted molar refractivity (Wildman–Crippen MR) is 144 cm³/mol. The van der Waals surface area contributed by atoms with E-state index in [2.05, 4.69) is 22.0 Å². The molecule has 0 bridgehead atoms. The molecular formula is C29H28N4O2S. The highest BCUT2D eigenvalue weighted by Crippen LogP contribution is 2.24. The Bertz CT molecular complexity index is 1290. The maximum atomic E-state index is 13.5. The Morgan fingerprint density at radius 3 is 2.06 bits per heavy atom. The van der Waals surface area contributed by atoms with Gasteiger partial charge in [-0.05, 0) is 60.7 Å². The molecule has 3 aromatic carbocycles. The summed E-state index contributed by atoms with van der Waals surface area (Å²) in [6.07, 6.45) is 1.73. The van der Waals surface area contributed by atoms with Gasteiger partial charge in [-0.3, -0.25) is 14.1 Å². The van der Waals surface area contributed by atoms with E-state index in [1.807, 2.05) is 100 Å². The Morgan fingerprint density at radius 1 is 0.778 bits per heavy atom. The van der Waals surface area contributed by atoms with Gasteiger partial charge < -0.3 is 9.80 Å². The summed E-state index contributed by atoms with van der Waals surface area (Å²) < 4.78 is 15.3. The number of hydrogen-bond acceptors (Lipinski definition) is 4. The predicted octanol–water partition coefficient (Wildman–Crippen LogP) is 4.77. The monoisotopic (exact) mass is 496 g/mol. The average Bonchev–Trinajstić information content (AvgIpc) is 2.97. The number of para-hydroxylation sites is 1. The molecule has 0 spiro atoms. The fraction of sp³-hybridized carbons (Fsp3) is 0.172. The lowest BCUT2D eigenvalue weighted by atomic mass is 10.1. The van der Waals surface area contributed by atoms with E-state index in [0.717, 1.165) is 24.5 Å². The van der Waals surface area contributed by atoms with Crippen LogP contribution in [-0.4, -0.2) is 46.2 Å². The van der Waals surface area contributed by atoms with Gasteiger partial charge in [0.15, 0.2) is 11.0 Å². The summed E-state index contributed by atoms with van der Waals surface area (Å²) in [6, 6.07) is 32.8. The number of nitrogens with zero attached hydrogens (tertiary/aromatic N) is 4. The molecule has 0 radical (unpaired) electrons. The van der Waals surface area contributed by atoms with Crippen molar-refractivity contribution in [2.75, 3.05) is 35.4 Å². The molecular weight excluding hydrogens is 468 g/mol. The lowest BCUT2D eigenvalue weighted by Crippen LogP contribution is -2.48. The highest BCUT2D eigenvalue weighted by molar-refractivity contribution is 7.86. The molecule has 1 amide bonds. The third-order valence-electron chi connectivity index (χ3n) is 6.27. The Morgan fingerprint density at radius 2 is 1.42 bits per heavy atom. The van der Waals surface area contributed by atoms with Crippen molar-refractivity contribution in [3.8, 4) is 0 Å². The first-order chi connectivity index (χ1) is 17.7. The fourth-order valence-electron chi connectivity index (χ4n) is 4.31. The quantitative estimate of drug-likeness (QED) is 0.370. The van der Waals surface area contributed by atoms with Crippen LogP contribution >= 0.6 is 0 Å². The molecule has 2 heterocycles. The van der Waals surface area contributed by atoms with Crippen LogP contribution in [0.1, 0.15) is 16.1 Å². The molecule has 182 valence electrons. The number of amides is 1. The minimum Gasteiger partial charge on any atom is -0.368 e. The van der Waals surface area contributed by atoms with Crippen LogP contribution in [-0.2, 0) is 17.5 Å². The number of benzene rings is 3. The largest absolute Gasteiger partial charge is 0.368 e. The van der Waals surface area contributed by atoms with Crippen LogP contribution in [0.3, 0.4) is 0 Å². The molecule has 1 aliphatic rings. The number of hydrogen-bond donors (Lipinski definition) is 0. The maximum absolute atomic E-state index is 13.5. The molecule has 1 saturated heterocycles. The Hall–Kier alpha value is -3.97. The zero-order chi connectivity index (χ0) is 24.7. The molecule has 1 fully saturated rings. The topological polar surface area (TPSA) is 56.8 Å². The van der Waals surface area contributed by atoms with Crippen molar-refractivity contribution >= 4 is 28.3 Å². The van der Waals surface area contributed by atoms with E-state index in [1.54, 1.807) is 6.20 Å². The number of carbonyl (C=O) groups is 1. The van der Waals surface area contributed by atoms with E-state index in [9.17, 15) is 9.00 Å². The van der Waals surface area contributed by atoms with Crippen molar-refractivity contribution in [3.05, 3.63) is 121 Å². The molecule has 1 aliphatic heterocycles. The summed E-state index contributed by atoms with van der Waals surface area (Å²) >= 11 is 0. The van der Waals surface area contributed by atoms with E-state index in [-0.39, 0.29) is 5.91 Å². The standard InChI is InChI=1S/C29H28N4O2S/c34-29(32-21-19-31(20-22-32)26-10-3-1-4-11-26)24-14-16-27(17-15-24)33(23-25-9-7-8-18-30-25)36(35)28-12-5-2-6-13-28/h1-18H,19-23H2. The molecule has 0 saturated carbocycles. The Labute approximate surface area is 214 Å². The molecule has 1 unspecified atom stereocenters. The SMILES string of the molecule is O=C(c1ccc(N(Cc2ccccn2)S(=O)c2ccccc2)cc1)N1CCN(c2ccccc2)CC1. The Kier molecular flexibility index (Phi) is 7.38. The lowest BCUT2D eigenvalue weighted by Gasteiger charge is -2.36. The number of carbonyl (C=O) groups excluding carboxylic acids is 1. The summed E-state index contributed by atoms with van der Waals surface area (Å²) in [5.41, 5.74) is 3.41. The normalized spacial score (nSPS) is 14.3. The number of pyridine rings is 1. The highest BCUT2D eigenvalue weighted by atomic mass is 32.2. The molecule has 1 aromatic heterocycles. The van der Waals surface area contributed by atoms with Gasteiger partial charge in [0, 0.05) is 43.6 Å². The zero-order valence-electron chi connectivity index (χ0n) is 19.9. The van der Waals surface area contributed by atoms with Gasteiger partial charge in [0.1, 0.15) is 0 Å². The van der Waals surface area contributed by atoms with Crippen LogP contribution in [0.2, 0.25) is 0 Å². The lowest BCUT2D eigenvalue weighted by molar-refractivity contribution is 0.0747. The van der Waals surface area contributed by atoms with Crippen LogP contribution < -0.4 is 9.21 Å². The fourth-order valence-corrected chi connectivity index (χ4v) is 5.52. The summed E-state index contributed by atoms with van der Waals surface area (Å²) in [5.74, 6) is 0.0229. The molecule has 4 aromatic rings. The first-order valence-electron chi connectivity index (χ1n) is 12.0. The van der Waals surface area contributed by atoms with E-state index in [4.69, 9.17) is 0 Å². The number of piperazine rings is 1. The second kappa shape index (κ2) is 11.2. The molecule has 0 N–H and O–H groups in total. The van der Waals surface area contributed by atoms with E-state index >= 15 is 0 Å². The second-order valence-electron chi connectivity index (χ2n) is 8.58. The van der Waals surface area contributed by atoms with E-state index < -0.39 is 11.0 Å². The van der Waals surface area contributed by atoms with E-state index in [1.165, 1.54) is 5.69 Å². The molecule has 0 aliphatic carbocycles. The van der Waals surface area contributed by atoms with Gasteiger partial charge in [-0.2, -0.15) is 0 Å². The van der Waals surface area contributed by atoms with Crippen molar-refractivity contribution in [2.45, 2.75) is 11.4 Å². The minimum atomic E-state index is -1.42. The van der Waals surface area contributed by atoms with Crippen molar-refractivity contribution < 1.29 is 9.00 Å². The van der Waals surface area contributed by atoms with Gasteiger partial charge in [0.05, 0.1) is 22.8 Å². The number of aromatic nitrogens is 1. The van der Waals surface area contributed by atoms with Gasteiger partial charge in [-0.25, -0.2) is 4.21 Å². The van der Waals surface area contributed by atoms with Crippen molar-refractivity contribution in [1.29, 1.82) is 0 Å². The number of rotatable bonds is 7. The van der Waals surface area contributed by atoms with Gasteiger partial charge in [0.2, 0.25) is 0 Å². The van der Waals surface area contributed by atoms with Crippen LogP contribution in [0, 0.1) is 0 Å². The van der Waals surface area contributed by atoms with Gasteiger partial charge in [-0.1, -0.05) is 42.5 Å². The van der Waals surface area contributed by atoms with Gasteiger partial charge >= 0.3 is 0 Å². The smallest absolute Gasteiger partial charge is 0.253 e. The van der Waals surface area contributed by atoms with Crippen molar-refractivity contribution in [2.24, 2.45) is 0 Å². The molecule has 1 atom stereocenters. The van der Waals surface area contributed by atoms with Crippen molar-refractivity contribution in [3.63, 3.8) is 0 Å². The highest BCUT2D eigenvalue weighted by Gasteiger charge is 2.23. The molecule has 6 nitrogen and oxygen atoms in total. The van der Waals surface area contributed by atoms with Crippen LogP contribution in [0.25, 0.3) is 0 Å². The molecule has 36 heavy (non-hydrogen) atoms. The summed E-state index contributed by atoms with van der Waals surface area (Å²) in [5, 5.41) is 0. The average molecular weight is 497 g/mol. The van der Waals surface area contributed by atoms with Crippen LogP contribution in [0.4, 0.5) is 11.4 Å². The molecule has 5 rings (SSSR count). The maximum Gasteiger partial charge on any atom is 0.253 e. The molecule has 7 heteroatoms. The van der Waals surface area contributed by atoms with Gasteiger partial charge in [0.25, 0.3) is 5.91 Å². The Balaban J connectivity index is 1.31. The zero-order valence-corrected chi connectivity index (χ0v) is 20.8. The number of anilines is 2.